The SMILES string of the molecule is Cc1n[nH]nc1C(=O)NCCS(=O)(=O)NC(C)C. The predicted molar refractivity (Wildman–Crippen MR) is 65.5 cm³/mol. The molecule has 8 nitrogen and oxygen atoms in total. The Kier molecular flexibility index (Phi) is 4.79. The van der Waals surface area contributed by atoms with Gasteiger partial charge < -0.3 is 5.32 Å². The number of aromatic amines is 1. The van der Waals surface area contributed by atoms with Crippen molar-refractivity contribution >= 4 is 15.9 Å². The molecule has 0 atom stereocenters. The van der Waals surface area contributed by atoms with Crippen LogP contribution in [0.5, 0.6) is 0 Å². The van der Waals surface area contributed by atoms with E-state index in [1.807, 2.05) is 0 Å². The minimum atomic E-state index is -3.36. The first-order chi connectivity index (χ1) is 8.32. The highest BCUT2D eigenvalue weighted by molar-refractivity contribution is 7.89. The standard InChI is InChI=1S/C9H17N5O3S/c1-6(2)13-18(16,17)5-4-10-9(15)8-7(3)11-14-12-8/h6,13H,4-5H2,1-3H3,(H,10,15)(H,11,12,14). The molecular weight excluding hydrogens is 258 g/mol. The molecule has 0 aliphatic carbocycles. The molecule has 0 spiro atoms. The Labute approximate surface area is 106 Å². The molecule has 9 heteroatoms. The topological polar surface area (TPSA) is 117 Å². The molecule has 0 saturated carbocycles. The van der Waals surface area contributed by atoms with Crippen LogP contribution in [0.15, 0.2) is 0 Å². The van der Waals surface area contributed by atoms with E-state index in [2.05, 4.69) is 25.4 Å². The second kappa shape index (κ2) is 5.91. The average Bonchev–Trinajstić information content (AvgIpc) is 2.61. The molecule has 1 heterocycles. The van der Waals surface area contributed by atoms with E-state index in [1.54, 1.807) is 20.8 Å². The lowest BCUT2D eigenvalue weighted by atomic mass is 10.3. The van der Waals surface area contributed by atoms with Crippen LogP contribution in [-0.2, 0) is 10.0 Å². The third-order valence-electron chi connectivity index (χ3n) is 2.01. The number of aromatic nitrogens is 3. The van der Waals surface area contributed by atoms with E-state index in [0.717, 1.165) is 0 Å². The highest BCUT2D eigenvalue weighted by Gasteiger charge is 2.15. The van der Waals surface area contributed by atoms with Gasteiger partial charge in [0.25, 0.3) is 5.91 Å². The minimum absolute atomic E-state index is 0.0210. The summed E-state index contributed by atoms with van der Waals surface area (Å²) in [5.74, 6) is -0.616. The van der Waals surface area contributed by atoms with Crippen molar-refractivity contribution in [2.45, 2.75) is 26.8 Å². The monoisotopic (exact) mass is 275 g/mol. The summed E-state index contributed by atoms with van der Waals surface area (Å²) >= 11 is 0. The first-order valence-corrected chi connectivity index (χ1v) is 7.12. The molecule has 3 N–H and O–H groups in total. The largest absolute Gasteiger partial charge is 0.350 e. The van der Waals surface area contributed by atoms with Crippen molar-refractivity contribution in [1.29, 1.82) is 0 Å². The van der Waals surface area contributed by atoms with Crippen molar-refractivity contribution in [3.63, 3.8) is 0 Å². The van der Waals surface area contributed by atoms with E-state index in [-0.39, 0.29) is 24.0 Å². The summed E-state index contributed by atoms with van der Waals surface area (Å²) in [5, 5.41) is 12.2. The first-order valence-electron chi connectivity index (χ1n) is 5.47. The number of amides is 1. The van der Waals surface area contributed by atoms with Gasteiger partial charge in [-0.05, 0) is 20.8 Å². The van der Waals surface area contributed by atoms with Gasteiger partial charge in [-0.3, -0.25) is 4.79 Å². The average molecular weight is 275 g/mol. The van der Waals surface area contributed by atoms with Crippen LogP contribution in [0.2, 0.25) is 0 Å². The van der Waals surface area contributed by atoms with Crippen LogP contribution in [0.25, 0.3) is 0 Å². The molecule has 102 valence electrons. The molecular formula is C9H17N5O3S. The number of rotatable bonds is 6. The fourth-order valence-corrected chi connectivity index (χ4v) is 2.51. The maximum absolute atomic E-state index is 11.6. The van der Waals surface area contributed by atoms with E-state index < -0.39 is 15.9 Å². The number of nitrogens with zero attached hydrogens (tertiary/aromatic N) is 2. The molecule has 0 saturated heterocycles. The summed E-state index contributed by atoms with van der Waals surface area (Å²) in [6.07, 6.45) is 0. The number of aryl methyl sites for hydroxylation is 1. The number of hydrogen-bond acceptors (Lipinski definition) is 5. The van der Waals surface area contributed by atoms with Crippen molar-refractivity contribution in [3.8, 4) is 0 Å². The minimum Gasteiger partial charge on any atom is -0.350 e. The van der Waals surface area contributed by atoms with Crippen LogP contribution < -0.4 is 10.0 Å². The molecule has 0 aromatic carbocycles. The van der Waals surface area contributed by atoms with E-state index in [1.165, 1.54) is 0 Å². The number of hydrogen-bond donors (Lipinski definition) is 3. The fourth-order valence-electron chi connectivity index (χ4n) is 1.30. The maximum Gasteiger partial charge on any atom is 0.273 e. The molecule has 0 bridgehead atoms. The normalized spacial score (nSPS) is 11.8. The van der Waals surface area contributed by atoms with Gasteiger partial charge in [-0.15, -0.1) is 0 Å². The van der Waals surface area contributed by atoms with Crippen molar-refractivity contribution in [3.05, 3.63) is 11.4 Å². The number of nitrogens with one attached hydrogen (secondary N) is 3. The molecule has 1 aromatic rings. The zero-order chi connectivity index (χ0) is 13.8. The van der Waals surface area contributed by atoms with Crippen molar-refractivity contribution in [2.75, 3.05) is 12.3 Å². The van der Waals surface area contributed by atoms with Crippen molar-refractivity contribution in [1.82, 2.24) is 25.4 Å². The molecule has 0 unspecified atom stereocenters. The number of sulfonamides is 1. The Morgan fingerprint density at radius 3 is 2.56 bits per heavy atom. The predicted octanol–water partition coefficient (Wildman–Crippen LogP) is -0.829. The highest BCUT2D eigenvalue weighted by Crippen LogP contribution is 1.97. The van der Waals surface area contributed by atoms with Gasteiger partial charge in [-0.1, -0.05) is 0 Å². The van der Waals surface area contributed by atoms with Gasteiger partial charge in [0.15, 0.2) is 5.69 Å². The Balaban J connectivity index is 2.43. The Bertz CT molecular complexity index is 508. The molecule has 0 fully saturated rings. The second-order valence-electron chi connectivity index (χ2n) is 4.10. The van der Waals surface area contributed by atoms with Crippen LogP contribution in [-0.4, -0.2) is 48.1 Å². The van der Waals surface area contributed by atoms with Crippen LogP contribution in [0.1, 0.15) is 30.0 Å². The molecule has 0 aliphatic rings. The van der Waals surface area contributed by atoms with Gasteiger partial charge in [0.2, 0.25) is 10.0 Å². The summed E-state index contributed by atoms with van der Waals surface area (Å²) in [6.45, 7) is 5.12. The molecule has 0 aliphatic heterocycles. The van der Waals surface area contributed by atoms with Gasteiger partial charge in [0, 0.05) is 12.6 Å². The van der Waals surface area contributed by atoms with Gasteiger partial charge in [-0.25, -0.2) is 13.1 Å². The summed E-state index contributed by atoms with van der Waals surface area (Å²) in [7, 11) is -3.36. The summed E-state index contributed by atoms with van der Waals surface area (Å²) < 4.78 is 25.4. The Morgan fingerprint density at radius 2 is 2.06 bits per heavy atom. The molecule has 1 aromatic heterocycles. The van der Waals surface area contributed by atoms with Crippen LogP contribution in [0.3, 0.4) is 0 Å². The third-order valence-corrected chi connectivity index (χ3v) is 3.58. The van der Waals surface area contributed by atoms with Crippen LogP contribution in [0.4, 0.5) is 0 Å². The lowest BCUT2D eigenvalue weighted by molar-refractivity contribution is 0.0950. The number of H-pyrrole nitrogens is 1. The smallest absolute Gasteiger partial charge is 0.273 e. The number of carbonyl (C=O) groups excluding carboxylic acids is 1. The lowest BCUT2D eigenvalue weighted by Crippen LogP contribution is -2.37. The summed E-state index contributed by atoms with van der Waals surface area (Å²) in [6, 6.07) is -0.163. The van der Waals surface area contributed by atoms with Gasteiger partial charge in [0.05, 0.1) is 11.4 Å². The number of carbonyl (C=O) groups is 1. The van der Waals surface area contributed by atoms with E-state index in [9.17, 15) is 13.2 Å². The fraction of sp³-hybridized carbons (Fsp3) is 0.667. The third kappa shape index (κ3) is 4.41. The zero-order valence-corrected chi connectivity index (χ0v) is 11.3. The Morgan fingerprint density at radius 1 is 1.39 bits per heavy atom. The molecule has 18 heavy (non-hydrogen) atoms. The van der Waals surface area contributed by atoms with E-state index >= 15 is 0 Å². The highest BCUT2D eigenvalue weighted by atomic mass is 32.2. The van der Waals surface area contributed by atoms with Gasteiger partial charge in [0.1, 0.15) is 0 Å². The second-order valence-corrected chi connectivity index (χ2v) is 5.98. The molecule has 1 rings (SSSR count). The van der Waals surface area contributed by atoms with E-state index in [4.69, 9.17) is 0 Å². The zero-order valence-electron chi connectivity index (χ0n) is 10.5. The first kappa shape index (κ1) is 14.6. The quantitative estimate of drug-likeness (QED) is 0.626. The van der Waals surface area contributed by atoms with E-state index in [0.29, 0.717) is 5.69 Å². The van der Waals surface area contributed by atoms with Gasteiger partial charge >= 0.3 is 0 Å². The summed E-state index contributed by atoms with van der Waals surface area (Å²) in [5.41, 5.74) is 0.639. The summed E-state index contributed by atoms with van der Waals surface area (Å²) in [4.78, 5) is 11.6. The van der Waals surface area contributed by atoms with Crippen LogP contribution >= 0.6 is 0 Å². The molecule has 0 radical (unpaired) electrons. The molecule has 1 amide bonds. The lowest BCUT2D eigenvalue weighted by Gasteiger charge is -2.09. The maximum atomic E-state index is 11.6. The van der Waals surface area contributed by atoms with Crippen molar-refractivity contribution in [2.24, 2.45) is 0 Å². The van der Waals surface area contributed by atoms with Crippen LogP contribution in [0, 0.1) is 6.92 Å². The Hall–Kier alpha value is -1.48. The van der Waals surface area contributed by atoms with Crippen molar-refractivity contribution < 1.29 is 13.2 Å². The van der Waals surface area contributed by atoms with Gasteiger partial charge in [-0.2, -0.15) is 15.4 Å².